The number of rotatable bonds is 7. The lowest BCUT2D eigenvalue weighted by Gasteiger charge is -2.35. The molecule has 0 spiro atoms. The van der Waals surface area contributed by atoms with E-state index in [4.69, 9.17) is 14.9 Å². The summed E-state index contributed by atoms with van der Waals surface area (Å²) in [5, 5.41) is 15.6. The molecule has 31 heavy (non-hydrogen) atoms. The van der Waals surface area contributed by atoms with Crippen molar-refractivity contribution in [2.45, 2.75) is 16.7 Å². The van der Waals surface area contributed by atoms with Crippen LogP contribution in [0.15, 0.2) is 64.4 Å². The number of anilines is 2. The molecule has 2 aromatic carbocycles. The first kappa shape index (κ1) is 24.3. The quantitative estimate of drug-likeness (QED) is 0.614. The van der Waals surface area contributed by atoms with Gasteiger partial charge in [-0.3, -0.25) is 0 Å². The lowest BCUT2D eigenvalue weighted by molar-refractivity contribution is -0.134. The standard InChI is InChI=1S/C19H24N2OS.C4H4O4/c1-14(12-20(2)3)13-21-16-7-5-6-8-18(16)23-19-10-9-15(22-4)11-17(19)21;5-3(6)1-2-4(7)8/h5-11,14H,12-13H2,1-4H3;1-2H,(H,5,6)(H,7,8)/b;2-1+. The average Bonchev–Trinajstić information content (AvgIpc) is 2.71. The van der Waals surface area contributed by atoms with Crippen LogP contribution in [0.4, 0.5) is 11.4 Å². The fourth-order valence-electron chi connectivity index (χ4n) is 3.27. The van der Waals surface area contributed by atoms with E-state index in [9.17, 15) is 9.59 Å². The third-order valence-corrected chi connectivity index (χ3v) is 5.50. The van der Waals surface area contributed by atoms with Gasteiger partial charge in [0.05, 0.1) is 18.5 Å². The highest BCUT2D eigenvalue weighted by Crippen LogP contribution is 2.49. The summed E-state index contributed by atoms with van der Waals surface area (Å²) in [5.41, 5.74) is 2.54. The second-order valence-corrected chi connectivity index (χ2v) is 8.48. The van der Waals surface area contributed by atoms with Crippen molar-refractivity contribution in [1.29, 1.82) is 0 Å². The van der Waals surface area contributed by atoms with Crippen LogP contribution in [-0.4, -0.2) is 61.3 Å². The smallest absolute Gasteiger partial charge is 0.328 e. The Morgan fingerprint density at radius 1 is 1.06 bits per heavy atom. The summed E-state index contributed by atoms with van der Waals surface area (Å²) >= 11 is 1.84. The SMILES string of the molecule is COc1ccc2c(c1)N(CC(C)CN(C)C)c1ccccc1S2.O=C(O)/C=C/C(=O)O. The van der Waals surface area contributed by atoms with Crippen molar-refractivity contribution in [1.82, 2.24) is 4.90 Å². The van der Waals surface area contributed by atoms with Crippen LogP contribution in [0.3, 0.4) is 0 Å². The van der Waals surface area contributed by atoms with Crippen molar-refractivity contribution in [3.8, 4) is 5.75 Å². The molecule has 1 aliphatic rings. The molecular formula is C23H28N2O5S. The van der Waals surface area contributed by atoms with Crippen LogP contribution in [0.25, 0.3) is 0 Å². The number of hydrogen-bond acceptors (Lipinski definition) is 6. The molecule has 8 heteroatoms. The van der Waals surface area contributed by atoms with Gasteiger partial charge in [-0.05, 0) is 44.3 Å². The van der Waals surface area contributed by atoms with Crippen LogP contribution in [0, 0.1) is 5.92 Å². The molecule has 0 aliphatic carbocycles. The summed E-state index contributed by atoms with van der Waals surface area (Å²) in [5.74, 6) is -1.03. The topological polar surface area (TPSA) is 90.3 Å². The van der Waals surface area contributed by atoms with Gasteiger partial charge >= 0.3 is 11.9 Å². The summed E-state index contributed by atoms with van der Waals surface area (Å²) in [4.78, 5) is 26.4. The third kappa shape index (κ3) is 7.34. The number of carbonyl (C=O) groups is 2. The van der Waals surface area contributed by atoms with Crippen LogP contribution < -0.4 is 9.64 Å². The van der Waals surface area contributed by atoms with Crippen LogP contribution in [0.2, 0.25) is 0 Å². The van der Waals surface area contributed by atoms with E-state index in [1.807, 2.05) is 17.8 Å². The Kier molecular flexibility index (Phi) is 8.96. The van der Waals surface area contributed by atoms with E-state index in [1.165, 1.54) is 21.2 Å². The summed E-state index contributed by atoms with van der Waals surface area (Å²) in [6.07, 6.45) is 1.12. The summed E-state index contributed by atoms with van der Waals surface area (Å²) in [6, 6.07) is 15.0. The minimum atomic E-state index is -1.26. The zero-order chi connectivity index (χ0) is 23.0. The van der Waals surface area contributed by atoms with Gasteiger partial charge < -0.3 is 24.7 Å². The molecule has 0 amide bonds. The Morgan fingerprint density at radius 3 is 2.26 bits per heavy atom. The second-order valence-electron chi connectivity index (χ2n) is 7.39. The number of hydrogen-bond donors (Lipinski definition) is 2. The zero-order valence-corrected chi connectivity index (χ0v) is 18.9. The first-order valence-electron chi connectivity index (χ1n) is 9.72. The number of nitrogens with zero attached hydrogens (tertiary/aromatic N) is 2. The van der Waals surface area contributed by atoms with Gasteiger partial charge in [0.2, 0.25) is 0 Å². The molecule has 0 aromatic heterocycles. The van der Waals surface area contributed by atoms with Crippen LogP contribution in [0.1, 0.15) is 6.92 Å². The Hall–Kier alpha value is -2.97. The van der Waals surface area contributed by atoms with Crippen LogP contribution >= 0.6 is 11.8 Å². The van der Waals surface area contributed by atoms with E-state index >= 15 is 0 Å². The average molecular weight is 445 g/mol. The monoisotopic (exact) mass is 444 g/mol. The molecular weight excluding hydrogens is 416 g/mol. The maximum atomic E-state index is 9.55. The van der Waals surface area contributed by atoms with Gasteiger partial charge in [-0.1, -0.05) is 30.8 Å². The molecule has 7 nitrogen and oxygen atoms in total. The fourth-order valence-corrected chi connectivity index (χ4v) is 4.34. The van der Waals surface area contributed by atoms with Gasteiger partial charge in [0.15, 0.2) is 0 Å². The van der Waals surface area contributed by atoms with E-state index in [2.05, 4.69) is 67.2 Å². The fraction of sp³-hybridized carbons (Fsp3) is 0.304. The molecule has 3 rings (SSSR count). The van der Waals surface area contributed by atoms with Crippen molar-refractivity contribution >= 4 is 35.1 Å². The highest BCUT2D eigenvalue weighted by Gasteiger charge is 2.25. The summed E-state index contributed by atoms with van der Waals surface area (Å²) in [6.45, 7) is 4.38. The molecule has 2 N–H and O–H groups in total. The first-order chi connectivity index (χ1) is 14.7. The lowest BCUT2D eigenvalue weighted by atomic mass is 10.1. The van der Waals surface area contributed by atoms with E-state index in [0.29, 0.717) is 18.1 Å². The predicted octanol–water partition coefficient (Wildman–Crippen LogP) is 4.21. The number of carboxylic acid groups (broad SMARTS) is 2. The van der Waals surface area contributed by atoms with Crippen LogP contribution in [-0.2, 0) is 9.59 Å². The molecule has 0 saturated heterocycles. The number of benzene rings is 2. The zero-order valence-electron chi connectivity index (χ0n) is 18.1. The molecule has 0 bridgehead atoms. The van der Waals surface area contributed by atoms with Gasteiger partial charge in [0, 0.05) is 41.1 Å². The third-order valence-electron chi connectivity index (χ3n) is 4.37. The summed E-state index contributed by atoms with van der Waals surface area (Å²) in [7, 11) is 5.99. The maximum Gasteiger partial charge on any atom is 0.328 e. The maximum absolute atomic E-state index is 9.55. The van der Waals surface area contributed by atoms with Crippen LogP contribution in [0.5, 0.6) is 5.75 Å². The highest BCUT2D eigenvalue weighted by atomic mass is 32.2. The molecule has 1 unspecified atom stereocenters. The second kappa shape index (κ2) is 11.4. The Labute approximate surface area is 186 Å². The Morgan fingerprint density at radius 2 is 1.68 bits per heavy atom. The number of aliphatic carboxylic acids is 2. The number of carboxylic acids is 2. The van der Waals surface area contributed by atoms with Gasteiger partial charge in [-0.2, -0.15) is 0 Å². The van der Waals surface area contributed by atoms with Crippen molar-refractivity contribution in [2.75, 3.05) is 39.2 Å². The van der Waals surface area contributed by atoms with Crippen molar-refractivity contribution < 1.29 is 24.5 Å². The minimum absolute atomic E-state index is 0.558. The van der Waals surface area contributed by atoms with Crippen molar-refractivity contribution in [2.24, 2.45) is 5.92 Å². The normalized spacial score (nSPS) is 13.1. The Balaban J connectivity index is 0.000000366. The molecule has 0 fully saturated rings. The van der Waals surface area contributed by atoms with E-state index in [0.717, 1.165) is 18.8 Å². The van der Waals surface area contributed by atoms with Gasteiger partial charge in [-0.25, -0.2) is 9.59 Å². The molecule has 1 atom stereocenters. The molecule has 1 aliphatic heterocycles. The number of methoxy groups -OCH3 is 1. The van der Waals surface area contributed by atoms with Gasteiger partial charge in [0.1, 0.15) is 5.75 Å². The highest BCUT2D eigenvalue weighted by molar-refractivity contribution is 7.99. The lowest BCUT2D eigenvalue weighted by Crippen LogP contribution is -2.31. The predicted molar refractivity (Wildman–Crippen MR) is 123 cm³/mol. The molecule has 166 valence electrons. The van der Waals surface area contributed by atoms with Gasteiger partial charge in [0.25, 0.3) is 0 Å². The number of para-hydroxylation sites is 1. The van der Waals surface area contributed by atoms with E-state index in [-0.39, 0.29) is 0 Å². The minimum Gasteiger partial charge on any atom is -0.497 e. The first-order valence-corrected chi connectivity index (χ1v) is 10.5. The molecule has 0 radical (unpaired) electrons. The number of ether oxygens (including phenoxy) is 1. The molecule has 2 aromatic rings. The molecule has 1 heterocycles. The summed E-state index contributed by atoms with van der Waals surface area (Å²) < 4.78 is 5.44. The van der Waals surface area contributed by atoms with Crippen molar-refractivity contribution in [3.63, 3.8) is 0 Å². The van der Waals surface area contributed by atoms with E-state index < -0.39 is 11.9 Å². The van der Waals surface area contributed by atoms with Crippen molar-refractivity contribution in [3.05, 3.63) is 54.6 Å². The molecule has 0 saturated carbocycles. The van der Waals surface area contributed by atoms with Gasteiger partial charge in [-0.15, -0.1) is 0 Å². The van der Waals surface area contributed by atoms with E-state index in [1.54, 1.807) is 7.11 Å². The number of fused-ring (bicyclic) bond motifs is 2. The Bertz CT molecular complexity index is 929. The largest absolute Gasteiger partial charge is 0.497 e.